The van der Waals surface area contributed by atoms with Gasteiger partial charge < -0.3 is 4.42 Å². The van der Waals surface area contributed by atoms with Gasteiger partial charge in [0.1, 0.15) is 0 Å². The Morgan fingerprint density at radius 2 is 2.00 bits per heavy atom. The van der Waals surface area contributed by atoms with Crippen LogP contribution in [0.15, 0.2) is 28.7 Å². The van der Waals surface area contributed by atoms with Gasteiger partial charge in [-0.25, -0.2) is 9.96 Å². The Bertz CT molecular complexity index is 772. The van der Waals surface area contributed by atoms with E-state index in [4.69, 9.17) is 16.0 Å². The van der Waals surface area contributed by atoms with Gasteiger partial charge in [0.05, 0.1) is 23.2 Å². The van der Waals surface area contributed by atoms with Crippen LogP contribution in [0, 0.1) is 0 Å². The largest absolute Gasteiger partial charge is 0.493 e. The van der Waals surface area contributed by atoms with Crippen molar-refractivity contribution in [2.24, 2.45) is 0 Å². The van der Waals surface area contributed by atoms with Crippen molar-refractivity contribution in [1.29, 1.82) is 0 Å². The maximum Gasteiger partial charge on any atom is 0.493 e. The summed E-state index contributed by atoms with van der Waals surface area (Å²) in [6, 6.07) is 4.60. The second-order valence-corrected chi connectivity index (χ2v) is 6.50. The van der Waals surface area contributed by atoms with E-state index in [9.17, 15) is 23.2 Å². The average molecular weight is 421 g/mol. The van der Waals surface area contributed by atoms with Gasteiger partial charge in [-0.3, -0.25) is 10.0 Å². The number of hydroxylamine groups is 2. The first kappa shape index (κ1) is 22.0. The number of halogens is 4. The van der Waals surface area contributed by atoms with Crippen molar-refractivity contribution in [2.45, 2.75) is 44.8 Å². The fraction of sp³-hybridized carbons (Fsp3) is 0.471. The summed E-state index contributed by atoms with van der Waals surface area (Å²) in [6.45, 7) is 1.82. The highest BCUT2D eigenvalue weighted by Gasteiger charge is 2.43. The SMILES string of the molecule is CCCCC[C@H](CN(O)C=O)c1nnc(N(c2ccccc2Cl)C(F)(F)F)o1. The number of amides is 1. The van der Waals surface area contributed by atoms with Gasteiger partial charge >= 0.3 is 12.3 Å². The standard InChI is InChI=1S/C17H20ClF3N4O3/c1-2-3-4-7-12(10-24(27)11-26)15-22-23-16(28-15)25(17(19,20)21)14-9-6-5-8-13(14)18/h5-6,8-9,11-12,27H,2-4,7,10H2,1H3/t12-/m1/s1. The molecule has 1 amide bonds. The van der Waals surface area contributed by atoms with Crippen molar-refractivity contribution in [3.63, 3.8) is 0 Å². The Balaban J connectivity index is 2.35. The lowest BCUT2D eigenvalue weighted by atomic mass is 10.0. The van der Waals surface area contributed by atoms with E-state index in [2.05, 4.69) is 10.2 Å². The number of hydrogen-bond donors (Lipinski definition) is 1. The lowest BCUT2D eigenvalue weighted by molar-refractivity contribution is -0.151. The summed E-state index contributed by atoms with van der Waals surface area (Å²) in [5, 5.41) is 17.0. The summed E-state index contributed by atoms with van der Waals surface area (Å²) in [5.74, 6) is -0.711. The Morgan fingerprint density at radius 3 is 2.61 bits per heavy atom. The predicted molar refractivity (Wildman–Crippen MR) is 95.4 cm³/mol. The summed E-state index contributed by atoms with van der Waals surface area (Å²) >= 11 is 5.91. The van der Waals surface area contributed by atoms with E-state index >= 15 is 0 Å². The molecule has 0 fully saturated rings. The third-order valence-corrected chi connectivity index (χ3v) is 4.32. The van der Waals surface area contributed by atoms with Crippen molar-refractivity contribution in [2.75, 3.05) is 11.4 Å². The maximum absolute atomic E-state index is 13.6. The van der Waals surface area contributed by atoms with Crippen molar-refractivity contribution in [1.82, 2.24) is 15.3 Å². The normalized spacial score (nSPS) is 12.6. The van der Waals surface area contributed by atoms with Crippen LogP contribution >= 0.6 is 11.6 Å². The number of carbonyl (C=O) groups excluding carboxylic acids is 1. The van der Waals surface area contributed by atoms with Crippen LogP contribution in [0.2, 0.25) is 5.02 Å². The van der Waals surface area contributed by atoms with Crippen LogP contribution < -0.4 is 4.90 Å². The van der Waals surface area contributed by atoms with Gasteiger partial charge in [0.25, 0.3) is 0 Å². The summed E-state index contributed by atoms with van der Waals surface area (Å²) in [5.41, 5.74) is -0.355. The molecule has 0 saturated heterocycles. The Kier molecular flexibility index (Phi) is 7.64. The van der Waals surface area contributed by atoms with E-state index in [1.807, 2.05) is 6.92 Å². The highest BCUT2D eigenvalue weighted by Crippen LogP contribution is 2.40. The smallest absolute Gasteiger partial charge is 0.407 e. The predicted octanol–water partition coefficient (Wildman–Crippen LogP) is 4.89. The molecular weight excluding hydrogens is 401 g/mol. The number of para-hydroxylation sites is 1. The molecule has 1 aromatic heterocycles. The molecule has 0 aliphatic heterocycles. The van der Waals surface area contributed by atoms with Gasteiger partial charge in [-0.15, -0.1) is 18.3 Å². The lowest BCUT2D eigenvalue weighted by Crippen LogP contribution is -2.34. The van der Waals surface area contributed by atoms with Crippen LogP contribution in [0.1, 0.15) is 44.4 Å². The minimum atomic E-state index is -4.86. The zero-order valence-electron chi connectivity index (χ0n) is 15.1. The van der Waals surface area contributed by atoms with E-state index in [1.54, 1.807) is 0 Å². The molecule has 1 heterocycles. The van der Waals surface area contributed by atoms with Gasteiger partial charge in [0.15, 0.2) is 0 Å². The molecule has 7 nitrogen and oxygen atoms in total. The van der Waals surface area contributed by atoms with E-state index in [-0.39, 0.29) is 34.5 Å². The van der Waals surface area contributed by atoms with Crippen molar-refractivity contribution in [3.8, 4) is 0 Å². The second kappa shape index (κ2) is 9.74. The van der Waals surface area contributed by atoms with Gasteiger partial charge in [0, 0.05) is 0 Å². The van der Waals surface area contributed by atoms with E-state index in [0.717, 1.165) is 19.3 Å². The summed E-state index contributed by atoms with van der Waals surface area (Å²) < 4.78 is 46.2. The molecule has 1 N–H and O–H groups in total. The lowest BCUT2D eigenvalue weighted by Gasteiger charge is -2.23. The molecule has 0 aliphatic rings. The second-order valence-electron chi connectivity index (χ2n) is 6.10. The Morgan fingerprint density at radius 1 is 1.29 bits per heavy atom. The number of carbonyl (C=O) groups is 1. The topological polar surface area (TPSA) is 82.7 Å². The number of rotatable bonds is 10. The molecular formula is C17H20ClF3N4O3. The molecule has 1 atom stereocenters. The maximum atomic E-state index is 13.6. The number of anilines is 2. The van der Waals surface area contributed by atoms with Gasteiger partial charge in [0.2, 0.25) is 12.3 Å². The molecule has 0 spiro atoms. The molecule has 0 aliphatic carbocycles. The fourth-order valence-corrected chi connectivity index (χ4v) is 2.89. The third-order valence-electron chi connectivity index (χ3n) is 4.00. The molecule has 2 aromatic rings. The number of hydrogen-bond acceptors (Lipinski definition) is 6. The van der Waals surface area contributed by atoms with E-state index in [0.29, 0.717) is 11.5 Å². The fourth-order valence-electron chi connectivity index (χ4n) is 2.67. The molecule has 1 aromatic carbocycles. The molecule has 154 valence electrons. The molecule has 0 unspecified atom stereocenters. The van der Waals surface area contributed by atoms with E-state index < -0.39 is 18.2 Å². The zero-order valence-corrected chi connectivity index (χ0v) is 15.8. The van der Waals surface area contributed by atoms with Crippen LogP contribution in [-0.2, 0) is 4.79 Å². The number of unbranched alkanes of at least 4 members (excludes halogenated alkanes) is 2. The van der Waals surface area contributed by atoms with Crippen LogP contribution in [-0.4, -0.2) is 39.7 Å². The van der Waals surface area contributed by atoms with E-state index in [1.165, 1.54) is 24.3 Å². The molecule has 11 heteroatoms. The monoisotopic (exact) mass is 420 g/mol. The average Bonchev–Trinajstić information content (AvgIpc) is 3.11. The Labute approximate surface area is 164 Å². The zero-order chi connectivity index (χ0) is 20.7. The first-order valence-corrected chi connectivity index (χ1v) is 9.01. The molecule has 0 saturated carbocycles. The third kappa shape index (κ3) is 5.59. The summed E-state index contributed by atoms with van der Waals surface area (Å²) in [4.78, 5) is 10.6. The number of aromatic nitrogens is 2. The van der Waals surface area contributed by atoms with Crippen molar-refractivity contribution >= 4 is 29.7 Å². The van der Waals surface area contributed by atoms with Crippen LogP contribution in [0.4, 0.5) is 24.9 Å². The van der Waals surface area contributed by atoms with Gasteiger partial charge in [-0.05, 0) is 18.6 Å². The number of nitrogens with zero attached hydrogens (tertiary/aromatic N) is 4. The molecule has 0 radical (unpaired) electrons. The molecule has 2 rings (SSSR count). The first-order chi connectivity index (χ1) is 13.3. The minimum Gasteiger partial charge on any atom is -0.407 e. The summed E-state index contributed by atoms with van der Waals surface area (Å²) in [7, 11) is 0. The van der Waals surface area contributed by atoms with Crippen LogP contribution in [0.25, 0.3) is 0 Å². The van der Waals surface area contributed by atoms with Crippen molar-refractivity contribution < 1.29 is 27.6 Å². The van der Waals surface area contributed by atoms with Crippen LogP contribution in [0.5, 0.6) is 0 Å². The number of alkyl halides is 3. The molecule has 0 bridgehead atoms. The van der Waals surface area contributed by atoms with Crippen molar-refractivity contribution in [3.05, 3.63) is 35.2 Å². The van der Waals surface area contributed by atoms with Gasteiger partial charge in [-0.2, -0.15) is 0 Å². The van der Waals surface area contributed by atoms with Gasteiger partial charge in [-0.1, -0.05) is 55.0 Å². The summed E-state index contributed by atoms with van der Waals surface area (Å²) in [6.07, 6.45) is -1.68. The first-order valence-electron chi connectivity index (χ1n) is 8.63. The minimum absolute atomic E-state index is 0.103. The molecule has 28 heavy (non-hydrogen) atoms. The highest BCUT2D eigenvalue weighted by atomic mass is 35.5. The Hall–Kier alpha value is -2.33. The van der Waals surface area contributed by atoms with Crippen LogP contribution in [0.3, 0.4) is 0 Å². The quantitative estimate of drug-likeness (QED) is 0.194. The number of benzene rings is 1. The highest BCUT2D eigenvalue weighted by molar-refractivity contribution is 6.33.